The summed E-state index contributed by atoms with van der Waals surface area (Å²) in [5.41, 5.74) is -1.09. The predicted molar refractivity (Wildman–Crippen MR) is 63.7 cm³/mol. The zero-order valence-electron chi connectivity index (χ0n) is 9.24. The highest BCUT2D eigenvalue weighted by Crippen LogP contribution is 2.17. The number of nitrogens with one attached hydrogen (secondary N) is 1. The molecule has 94 valence electrons. The zero-order valence-corrected chi connectivity index (χ0v) is 9.24. The van der Waals surface area contributed by atoms with E-state index in [0.717, 1.165) is 4.40 Å². The van der Waals surface area contributed by atoms with E-state index in [1.165, 1.54) is 6.20 Å². The summed E-state index contributed by atoms with van der Waals surface area (Å²) >= 11 is 0. The van der Waals surface area contributed by atoms with Gasteiger partial charge in [-0.25, -0.2) is 4.98 Å². The zero-order chi connectivity index (χ0) is 13.1. The molecular formula is C10H10N4O4. The lowest BCUT2D eigenvalue weighted by molar-refractivity contribution is -0.385. The van der Waals surface area contributed by atoms with Gasteiger partial charge in [0.2, 0.25) is 5.82 Å². The van der Waals surface area contributed by atoms with Crippen molar-refractivity contribution in [3.8, 4) is 0 Å². The minimum atomic E-state index is -0.783. The molecule has 2 aromatic rings. The fourth-order valence-corrected chi connectivity index (χ4v) is 1.54. The number of aromatic nitrogens is 2. The molecule has 18 heavy (non-hydrogen) atoms. The molecule has 0 aliphatic rings. The van der Waals surface area contributed by atoms with E-state index >= 15 is 0 Å². The quantitative estimate of drug-likeness (QED) is 0.584. The molecule has 0 spiro atoms. The molecular weight excluding hydrogens is 240 g/mol. The number of nitrogens with zero attached hydrogens (tertiary/aromatic N) is 3. The Labute approximate surface area is 101 Å². The third-order valence-electron chi connectivity index (χ3n) is 2.30. The van der Waals surface area contributed by atoms with Gasteiger partial charge in [0.1, 0.15) is 5.65 Å². The molecule has 8 nitrogen and oxygen atoms in total. The first-order valence-corrected chi connectivity index (χ1v) is 5.15. The topological polar surface area (TPSA) is 110 Å². The van der Waals surface area contributed by atoms with Crippen molar-refractivity contribution < 1.29 is 10.0 Å². The van der Waals surface area contributed by atoms with Crippen LogP contribution in [0.15, 0.2) is 29.2 Å². The van der Waals surface area contributed by atoms with Gasteiger partial charge in [-0.2, -0.15) is 0 Å². The van der Waals surface area contributed by atoms with Crippen molar-refractivity contribution in [1.82, 2.24) is 9.38 Å². The van der Waals surface area contributed by atoms with Crippen LogP contribution in [-0.2, 0) is 0 Å². The first kappa shape index (κ1) is 12.0. The summed E-state index contributed by atoms with van der Waals surface area (Å²) in [6.45, 7) is -0.136. The number of pyridine rings is 1. The molecule has 0 fully saturated rings. The molecule has 2 N–H and O–H groups in total. The van der Waals surface area contributed by atoms with Crippen LogP contribution in [0.2, 0.25) is 0 Å². The molecule has 0 bridgehead atoms. The monoisotopic (exact) mass is 250 g/mol. The Bertz CT molecular complexity index is 652. The molecule has 2 rings (SSSR count). The fraction of sp³-hybridized carbons (Fsp3) is 0.200. The Kier molecular flexibility index (Phi) is 3.20. The maximum Gasteiger partial charge on any atom is 0.376 e. The SMILES string of the molecule is O=c1c([N+](=O)[O-])c(NCCO)nc2ccccn12. The van der Waals surface area contributed by atoms with Crippen LogP contribution < -0.4 is 10.9 Å². The maximum atomic E-state index is 11.9. The number of fused-ring (bicyclic) bond motifs is 1. The van der Waals surface area contributed by atoms with E-state index in [1.807, 2.05) is 0 Å². The summed E-state index contributed by atoms with van der Waals surface area (Å²) in [4.78, 5) is 26.0. The van der Waals surface area contributed by atoms with Crippen LogP contribution in [0.4, 0.5) is 11.5 Å². The lowest BCUT2D eigenvalue weighted by Crippen LogP contribution is -2.21. The van der Waals surface area contributed by atoms with Crippen molar-refractivity contribution in [2.45, 2.75) is 0 Å². The first-order valence-electron chi connectivity index (χ1n) is 5.15. The van der Waals surface area contributed by atoms with Crippen LogP contribution in [0, 0.1) is 10.1 Å². The number of anilines is 1. The van der Waals surface area contributed by atoms with Crippen molar-refractivity contribution in [1.29, 1.82) is 0 Å². The largest absolute Gasteiger partial charge is 0.395 e. The molecule has 8 heteroatoms. The molecule has 2 heterocycles. The molecule has 0 aliphatic heterocycles. The van der Waals surface area contributed by atoms with Gasteiger partial charge in [0.25, 0.3) is 0 Å². The van der Waals surface area contributed by atoms with Crippen LogP contribution in [0.25, 0.3) is 5.65 Å². The number of hydrogen-bond acceptors (Lipinski definition) is 6. The van der Waals surface area contributed by atoms with E-state index in [2.05, 4.69) is 10.3 Å². The lowest BCUT2D eigenvalue weighted by Gasteiger charge is -2.06. The standard InChI is InChI=1S/C10H10N4O4/c15-6-4-11-9-8(14(17)18)10(16)13-5-2-1-3-7(13)12-9/h1-3,5,11,15H,4,6H2. The molecule has 2 aromatic heterocycles. The Balaban J connectivity index is 2.71. The molecule has 0 saturated carbocycles. The highest BCUT2D eigenvalue weighted by atomic mass is 16.6. The molecule has 0 saturated heterocycles. The molecule has 0 aromatic carbocycles. The lowest BCUT2D eigenvalue weighted by atomic mass is 10.4. The second-order valence-corrected chi connectivity index (χ2v) is 3.45. The highest BCUT2D eigenvalue weighted by Gasteiger charge is 2.22. The summed E-state index contributed by atoms with van der Waals surface area (Å²) in [7, 11) is 0. The Morgan fingerprint density at radius 3 is 2.94 bits per heavy atom. The summed E-state index contributed by atoms with van der Waals surface area (Å²) in [5, 5.41) is 22.2. The summed E-state index contributed by atoms with van der Waals surface area (Å²) in [5.74, 6) is -0.134. The Morgan fingerprint density at radius 1 is 1.50 bits per heavy atom. The number of nitro groups is 1. The number of aliphatic hydroxyl groups excluding tert-OH is 1. The van der Waals surface area contributed by atoms with E-state index in [0.29, 0.717) is 5.65 Å². The predicted octanol–water partition coefficient (Wildman–Crippen LogP) is 0.00690. The molecule has 0 amide bonds. The summed E-state index contributed by atoms with van der Waals surface area (Å²) < 4.78 is 1.10. The molecule has 0 atom stereocenters. The smallest absolute Gasteiger partial charge is 0.376 e. The number of rotatable bonds is 4. The van der Waals surface area contributed by atoms with Crippen LogP contribution in [0.3, 0.4) is 0 Å². The number of aliphatic hydroxyl groups is 1. The number of hydrogen-bond donors (Lipinski definition) is 2. The van der Waals surface area contributed by atoms with Crippen LogP contribution in [0.1, 0.15) is 0 Å². The van der Waals surface area contributed by atoms with E-state index in [1.54, 1.807) is 18.2 Å². The van der Waals surface area contributed by atoms with Crippen molar-refractivity contribution >= 4 is 17.2 Å². The molecule has 0 aliphatic carbocycles. The van der Waals surface area contributed by atoms with Gasteiger partial charge in [-0.1, -0.05) is 6.07 Å². The van der Waals surface area contributed by atoms with Crippen LogP contribution >= 0.6 is 0 Å². The normalized spacial score (nSPS) is 10.5. The van der Waals surface area contributed by atoms with Crippen LogP contribution in [-0.4, -0.2) is 32.6 Å². The van der Waals surface area contributed by atoms with E-state index in [4.69, 9.17) is 5.11 Å². The second-order valence-electron chi connectivity index (χ2n) is 3.45. The minimum absolute atomic E-state index is 0.0796. The molecule has 0 unspecified atom stereocenters. The maximum absolute atomic E-state index is 11.9. The Morgan fingerprint density at radius 2 is 2.28 bits per heavy atom. The van der Waals surface area contributed by atoms with Crippen molar-refractivity contribution in [2.75, 3.05) is 18.5 Å². The first-order chi connectivity index (χ1) is 8.65. The van der Waals surface area contributed by atoms with Gasteiger partial charge in [-0.15, -0.1) is 0 Å². The van der Waals surface area contributed by atoms with Gasteiger partial charge < -0.3 is 10.4 Å². The van der Waals surface area contributed by atoms with Gasteiger partial charge in [-0.3, -0.25) is 19.3 Å². The average Bonchev–Trinajstić information content (AvgIpc) is 2.36. The Hall–Kier alpha value is -2.48. The van der Waals surface area contributed by atoms with E-state index in [9.17, 15) is 14.9 Å². The fourth-order valence-electron chi connectivity index (χ4n) is 1.54. The van der Waals surface area contributed by atoms with Crippen LogP contribution in [0.5, 0.6) is 0 Å². The second kappa shape index (κ2) is 4.80. The van der Waals surface area contributed by atoms with Gasteiger partial charge in [0.15, 0.2) is 0 Å². The summed E-state index contributed by atoms with van der Waals surface area (Å²) in [6.07, 6.45) is 1.41. The van der Waals surface area contributed by atoms with E-state index < -0.39 is 16.2 Å². The third-order valence-corrected chi connectivity index (χ3v) is 2.30. The molecule has 0 radical (unpaired) electrons. The van der Waals surface area contributed by atoms with Gasteiger partial charge in [-0.05, 0) is 12.1 Å². The highest BCUT2D eigenvalue weighted by molar-refractivity contribution is 5.59. The minimum Gasteiger partial charge on any atom is -0.395 e. The van der Waals surface area contributed by atoms with Crippen molar-refractivity contribution in [2.24, 2.45) is 0 Å². The van der Waals surface area contributed by atoms with Crippen molar-refractivity contribution in [3.05, 3.63) is 44.9 Å². The van der Waals surface area contributed by atoms with Gasteiger partial charge >= 0.3 is 11.2 Å². The third kappa shape index (κ3) is 2.00. The average molecular weight is 250 g/mol. The van der Waals surface area contributed by atoms with Gasteiger partial charge in [0, 0.05) is 12.7 Å². The summed E-state index contributed by atoms with van der Waals surface area (Å²) in [6, 6.07) is 4.82. The van der Waals surface area contributed by atoms with Crippen molar-refractivity contribution in [3.63, 3.8) is 0 Å². The van der Waals surface area contributed by atoms with Gasteiger partial charge in [0.05, 0.1) is 11.5 Å². The van der Waals surface area contributed by atoms with E-state index in [-0.39, 0.29) is 19.0 Å².